The van der Waals surface area contributed by atoms with Crippen molar-refractivity contribution in [3.63, 3.8) is 0 Å². The van der Waals surface area contributed by atoms with Gasteiger partial charge in [0.15, 0.2) is 0 Å². The van der Waals surface area contributed by atoms with Crippen molar-refractivity contribution >= 4 is 5.69 Å². The summed E-state index contributed by atoms with van der Waals surface area (Å²) in [4.78, 5) is 2.41. The van der Waals surface area contributed by atoms with E-state index >= 15 is 0 Å². The van der Waals surface area contributed by atoms with Crippen molar-refractivity contribution < 1.29 is 10.2 Å². The monoisotopic (exact) mass is 264 g/mol. The predicted molar refractivity (Wildman–Crippen MR) is 77.3 cm³/mol. The van der Waals surface area contributed by atoms with Crippen LogP contribution in [0.1, 0.15) is 25.3 Å². The summed E-state index contributed by atoms with van der Waals surface area (Å²) < 4.78 is 0. The van der Waals surface area contributed by atoms with Crippen LogP contribution in [0.4, 0.5) is 5.69 Å². The first kappa shape index (κ1) is 14.3. The van der Waals surface area contributed by atoms with Gasteiger partial charge in [0.05, 0.1) is 18.8 Å². The maximum Gasteiger partial charge on any atom is 0.0633 e. The number of aliphatic hydroxyl groups is 2. The number of benzene rings is 1. The van der Waals surface area contributed by atoms with E-state index in [2.05, 4.69) is 34.5 Å². The second-order valence-corrected chi connectivity index (χ2v) is 5.59. The number of anilines is 1. The van der Waals surface area contributed by atoms with Gasteiger partial charge in [-0.05, 0) is 37.5 Å². The second kappa shape index (κ2) is 6.37. The molecule has 2 rings (SSSR count). The Morgan fingerprint density at radius 3 is 2.21 bits per heavy atom. The fourth-order valence-electron chi connectivity index (χ4n) is 2.28. The maximum atomic E-state index is 9.22. The molecule has 1 aromatic carbocycles. The second-order valence-electron chi connectivity index (χ2n) is 5.59. The van der Waals surface area contributed by atoms with E-state index < -0.39 is 5.54 Å². The summed E-state index contributed by atoms with van der Waals surface area (Å²) in [6, 6.07) is 8.51. The molecule has 1 aliphatic heterocycles. The number of rotatable bonds is 6. The Bertz CT molecular complexity index is 382. The molecule has 0 atom stereocenters. The van der Waals surface area contributed by atoms with E-state index in [0.717, 1.165) is 18.7 Å². The third-order valence-corrected chi connectivity index (χ3v) is 3.82. The number of nitrogens with zero attached hydrogens (tertiary/aromatic N) is 1. The first-order chi connectivity index (χ1) is 9.17. The Morgan fingerprint density at radius 1 is 1.11 bits per heavy atom. The normalized spacial score (nSPS) is 16.1. The van der Waals surface area contributed by atoms with Gasteiger partial charge in [0, 0.05) is 25.3 Å². The van der Waals surface area contributed by atoms with E-state index in [1.165, 1.54) is 18.5 Å². The van der Waals surface area contributed by atoms with Crippen LogP contribution < -0.4 is 10.2 Å². The van der Waals surface area contributed by atoms with Gasteiger partial charge in [-0.3, -0.25) is 0 Å². The van der Waals surface area contributed by atoms with Gasteiger partial charge in [0.2, 0.25) is 0 Å². The van der Waals surface area contributed by atoms with Crippen LogP contribution in [0, 0.1) is 0 Å². The lowest BCUT2D eigenvalue weighted by molar-refractivity contribution is 0.103. The van der Waals surface area contributed by atoms with Crippen molar-refractivity contribution in [2.24, 2.45) is 0 Å². The largest absolute Gasteiger partial charge is 0.394 e. The molecule has 1 aliphatic rings. The van der Waals surface area contributed by atoms with Gasteiger partial charge in [-0.2, -0.15) is 0 Å². The summed E-state index contributed by atoms with van der Waals surface area (Å²) in [6.07, 6.45) is 2.57. The Labute approximate surface area is 115 Å². The summed E-state index contributed by atoms with van der Waals surface area (Å²) in [5, 5.41) is 21.6. The average molecular weight is 264 g/mol. The van der Waals surface area contributed by atoms with E-state index in [0.29, 0.717) is 6.54 Å². The maximum absolute atomic E-state index is 9.22. The zero-order valence-corrected chi connectivity index (χ0v) is 11.6. The fourth-order valence-corrected chi connectivity index (χ4v) is 2.28. The summed E-state index contributed by atoms with van der Waals surface area (Å²) in [7, 11) is 0. The highest BCUT2D eigenvalue weighted by Crippen LogP contribution is 2.20. The van der Waals surface area contributed by atoms with E-state index in [1.807, 2.05) is 6.92 Å². The molecule has 1 saturated heterocycles. The van der Waals surface area contributed by atoms with Crippen LogP contribution in [0.15, 0.2) is 24.3 Å². The summed E-state index contributed by atoms with van der Waals surface area (Å²) >= 11 is 0. The molecule has 1 fully saturated rings. The third-order valence-electron chi connectivity index (χ3n) is 3.82. The topological polar surface area (TPSA) is 55.7 Å². The quantitative estimate of drug-likeness (QED) is 0.721. The van der Waals surface area contributed by atoms with Gasteiger partial charge in [0.1, 0.15) is 0 Å². The number of nitrogens with one attached hydrogen (secondary N) is 1. The molecule has 0 aromatic heterocycles. The van der Waals surface area contributed by atoms with Gasteiger partial charge in [0.25, 0.3) is 0 Å². The van der Waals surface area contributed by atoms with Crippen molar-refractivity contribution in [2.75, 3.05) is 31.2 Å². The molecular weight excluding hydrogens is 240 g/mol. The minimum atomic E-state index is -0.617. The highest BCUT2D eigenvalue weighted by atomic mass is 16.3. The van der Waals surface area contributed by atoms with Gasteiger partial charge >= 0.3 is 0 Å². The molecule has 0 amide bonds. The van der Waals surface area contributed by atoms with Crippen molar-refractivity contribution in [3.8, 4) is 0 Å². The molecule has 4 heteroatoms. The lowest BCUT2D eigenvalue weighted by Crippen LogP contribution is -2.48. The first-order valence-corrected chi connectivity index (χ1v) is 6.97. The number of aliphatic hydroxyl groups excluding tert-OH is 2. The first-order valence-electron chi connectivity index (χ1n) is 6.97. The molecular formula is C15H24N2O2. The van der Waals surface area contributed by atoms with Crippen LogP contribution in [-0.2, 0) is 6.54 Å². The van der Waals surface area contributed by atoms with Crippen molar-refractivity contribution in [1.82, 2.24) is 5.32 Å². The molecule has 0 unspecified atom stereocenters. The Hall–Kier alpha value is -1.10. The average Bonchev–Trinajstić information content (AvgIpc) is 2.99. The molecule has 0 aliphatic carbocycles. The van der Waals surface area contributed by atoms with Gasteiger partial charge < -0.3 is 20.4 Å². The molecule has 19 heavy (non-hydrogen) atoms. The molecule has 1 heterocycles. The molecule has 0 spiro atoms. The molecule has 0 radical (unpaired) electrons. The van der Waals surface area contributed by atoms with Crippen LogP contribution in [-0.4, -0.2) is 42.1 Å². The zero-order chi connectivity index (χ0) is 13.7. The van der Waals surface area contributed by atoms with Crippen molar-refractivity contribution in [1.29, 1.82) is 0 Å². The van der Waals surface area contributed by atoms with Gasteiger partial charge in [-0.25, -0.2) is 0 Å². The van der Waals surface area contributed by atoms with Crippen molar-refractivity contribution in [3.05, 3.63) is 29.8 Å². The third kappa shape index (κ3) is 3.69. The highest BCUT2D eigenvalue weighted by Gasteiger charge is 2.21. The molecule has 4 nitrogen and oxygen atoms in total. The molecule has 3 N–H and O–H groups in total. The van der Waals surface area contributed by atoms with Crippen LogP contribution >= 0.6 is 0 Å². The molecule has 0 saturated carbocycles. The van der Waals surface area contributed by atoms with E-state index in [-0.39, 0.29) is 13.2 Å². The Kier molecular flexibility index (Phi) is 4.80. The van der Waals surface area contributed by atoms with E-state index in [4.69, 9.17) is 0 Å². The van der Waals surface area contributed by atoms with Gasteiger partial charge in [-0.1, -0.05) is 12.1 Å². The molecule has 0 bridgehead atoms. The predicted octanol–water partition coefficient (Wildman–Crippen LogP) is 1.12. The lowest BCUT2D eigenvalue weighted by atomic mass is 10.0. The van der Waals surface area contributed by atoms with Crippen LogP contribution in [0.2, 0.25) is 0 Å². The van der Waals surface area contributed by atoms with Crippen LogP contribution in [0.25, 0.3) is 0 Å². The Balaban J connectivity index is 1.91. The standard InChI is InChI=1S/C15H24N2O2/c1-15(11-18,12-19)16-10-13-4-6-14(7-5-13)17-8-2-3-9-17/h4-7,16,18-19H,2-3,8-12H2,1H3. The summed E-state index contributed by atoms with van der Waals surface area (Å²) in [6.45, 7) is 4.63. The SMILES string of the molecule is CC(CO)(CO)NCc1ccc(N2CCCC2)cc1. The fraction of sp³-hybridized carbons (Fsp3) is 0.600. The number of hydrogen-bond acceptors (Lipinski definition) is 4. The Morgan fingerprint density at radius 2 is 1.68 bits per heavy atom. The van der Waals surface area contributed by atoms with Crippen molar-refractivity contribution in [2.45, 2.75) is 31.8 Å². The molecule has 1 aromatic rings. The highest BCUT2D eigenvalue weighted by molar-refractivity contribution is 5.48. The summed E-state index contributed by atoms with van der Waals surface area (Å²) in [5.41, 5.74) is 1.83. The lowest BCUT2D eigenvalue weighted by Gasteiger charge is -2.26. The zero-order valence-electron chi connectivity index (χ0n) is 11.6. The van der Waals surface area contributed by atoms with E-state index in [1.54, 1.807) is 0 Å². The molecule has 106 valence electrons. The van der Waals surface area contributed by atoms with E-state index in [9.17, 15) is 10.2 Å². The summed E-state index contributed by atoms with van der Waals surface area (Å²) in [5.74, 6) is 0. The minimum Gasteiger partial charge on any atom is -0.394 e. The van der Waals surface area contributed by atoms with Gasteiger partial charge in [-0.15, -0.1) is 0 Å². The minimum absolute atomic E-state index is 0.0740. The smallest absolute Gasteiger partial charge is 0.0633 e. The van der Waals surface area contributed by atoms with Crippen LogP contribution in [0.3, 0.4) is 0 Å². The van der Waals surface area contributed by atoms with Crippen LogP contribution in [0.5, 0.6) is 0 Å². The number of hydrogen-bond donors (Lipinski definition) is 3.